The Labute approximate surface area is 191 Å². The Balaban J connectivity index is 1.95. The quantitative estimate of drug-likeness (QED) is 0.0887. The zero-order chi connectivity index (χ0) is 18.8. The van der Waals surface area contributed by atoms with Gasteiger partial charge in [-0.15, -0.1) is 0 Å². The maximum absolute atomic E-state index is 5.52. The fourth-order valence-corrected chi connectivity index (χ4v) is 5.47. The van der Waals surface area contributed by atoms with Gasteiger partial charge in [-0.3, -0.25) is 0 Å². The summed E-state index contributed by atoms with van der Waals surface area (Å²) in [4.78, 5) is 0.881. The molecule has 2 rings (SSSR count). The fraction of sp³-hybridized carbons (Fsp3) is 0.348. The first-order valence-corrected chi connectivity index (χ1v) is 11.9. The van der Waals surface area contributed by atoms with E-state index in [1.807, 2.05) is 24.3 Å². The predicted molar refractivity (Wildman–Crippen MR) is 136 cm³/mol. The van der Waals surface area contributed by atoms with E-state index in [1.54, 1.807) is 0 Å². The molecule has 0 radical (unpaired) electrons. The van der Waals surface area contributed by atoms with E-state index in [9.17, 15) is 0 Å². The summed E-state index contributed by atoms with van der Waals surface area (Å²) >= 11 is 10.5. The van der Waals surface area contributed by atoms with Crippen molar-refractivity contribution in [2.45, 2.75) is 51.9 Å². The minimum Gasteiger partial charge on any atom is -0.0795 e. The first-order chi connectivity index (χ1) is 12.6. The molecule has 0 fully saturated rings. The van der Waals surface area contributed by atoms with Gasteiger partial charge in [0, 0.05) is 12.0 Å². The fourth-order valence-electron chi connectivity index (χ4n) is 2.91. The van der Waals surface area contributed by atoms with Crippen LogP contribution in [0, 0.1) is 7.14 Å². The van der Waals surface area contributed by atoms with Crippen LogP contribution in [-0.4, -0.2) is 4.86 Å². The standard InChI is InChI=1S/C23H26I2S/c1-2-3-4-5-6-10-13-20-21(24)16-18(17-22(20)25)14-15-23(26)19-11-8-7-9-12-19/h7-9,11-12,14-17H,2-6,10,13H2,1H3. The van der Waals surface area contributed by atoms with Crippen LogP contribution in [0.5, 0.6) is 0 Å². The van der Waals surface area contributed by atoms with E-state index in [0.29, 0.717) is 0 Å². The van der Waals surface area contributed by atoms with Gasteiger partial charge < -0.3 is 0 Å². The van der Waals surface area contributed by atoms with Crippen molar-refractivity contribution in [1.82, 2.24) is 0 Å². The van der Waals surface area contributed by atoms with Crippen molar-refractivity contribution in [3.05, 3.63) is 72.4 Å². The highest BCUT2D eigenvalue weighted by atomic mass is 127. The minimum atomic E-state index is 0.881. The summed E-state index contributed by atoms with van der Waals surface area (Å²) < 4.78 is 2.74. The van der Waals surface area contributed by atoms with Gasteiger partial charge in [0.1, 0.15) is 0 Å². The molecule has 0 aliphatic rings. The third-order valence-corrected chi connectivity index (χ3v) is 6.73. The van der Waals surface area contributed by atoms with Crippen molar-refractivity contribution >= 4 is 68.3 Å². The highest BCUT2D eigenvalue weighted by Crippen LogP contribution is 2.24. The van der Waals surface area contributed by atoms with E-state index >= 15 is 0 Å². The lowest BCUT2D eigenvalue weighted by Gasteiger charge is -2.09. The van der Waals surface area contributed by atoms with Gasteiger partial charge in [-0.05, 0) is 92.9 Å². The molecule has 0 aliphatic heterocycles. The molecule has 0 aromatic heterocycles. The molecule has 0 spiro atoms. The van der Waals surface area contributed by atoms with Crippen LogP contribution in [0.2, 0.25) is 0 Å². The molecular formula is C23H26I2S. The molecule has 2 aromatic carbocycles. The maximum Gasteiger partial charge on any atom is 0.0449 e. The van der Waals surface area contributed by atoms with Gasteiger partial charge in [0.05, 0.1) is 0 Å². The van der Waals surface area contributed by atoms with Crippen molar-refractivity contribution < 1.29 is 0 Å². The van der Waals surface area contributed by atoms with Crippen molar-refractivity contribution in [2.75, 3.05) is 0 Å². The molecule has 2 aromatic rings. The second-order valence-electron chi connectivity index (χ2n) is 6.54. The summed E-state index contributed by atoms with van der Waals surface area (Å²) in [5, 5.41) is 0. The predicted octanol–water partition coefficient (Wildman–Crippen LogP) is 8.23. The van der Waals surface area contributed by atoms with Gasteiger partial charge in [-0.2, -0.15) is 0 Å². The Bertz CT molecular complexity index is 712. The van der Waals surface area contributed by atoms with Crippen LogP contribution in [0.3, 0.4) is 0 Å². The third kappa shape index (κ3) is 7.39. The van der Waals surface area contributed by atoms with Gasteiger partial charge in [-0.1, -0.05) is 87.7 Å². The van der Waals surface area contributed by atoms with Gasteiger partial charge >= 0.3 is 0 Å². The maximum atomic E-state index is 5.52. The molecule has 0 heterocycles. The van der Waals surface area contributed by atoms with Crippen LogP contribution < -0.4 is 0 Å². The molecule has 0 N–H and O–H groups in total. The van der Waals surface area contributed by atoms with Crippen molar-refractivity contribution in [3.8, 4) is 0 Å². The largest absolute Gasteiger partial charge is 0.0795 e. The minimum absolute atomic E-state index is 0.881. The number of rotatable bonds is 10. The van der Waals surface area contributed by atoms with Gasteiger partial charge in [0.25, 0.3) is 0 Å². The van der Waals surface area contributed by atoms with Gasteiger partial charge in [-0.25, -0.2) is 0 Å². The Hall–Kier alpha value is -0.270. The average Bonchev–Trinajstić information content (AvgIpc) is 2.65. The number of thiocarbonyl (C=S) groups is 1. The van der Waals surface area contributed by atoms with Crippen LogP contribution in [0.4, 0.5) is 0 Å². The molecule has 0 unspecified atom stereocenters. The number of halogens is 2. The Morgan fingerprint density at radius 3 is 2.19 bits per heavy atom. The van der Waals surface area contributed by atoms with Crippen LogP contribution in [0.25, 0.3) is 6.08 Å². The van der Waals surface area contributed by atoms with E-state index in [2.05, 4.69) is 82.4 Å². The average molecular weight is 588 g/mol. The van der Waals surface area contributed by atoms with Gasteiger partial charge in [0.2, 0.25) is 0 Å². The third-order valence-electron chi connectivity index (χ3n) is 4.43. The zero-order valence-corrected chi connectivity index (χ0v) is 20.4. The second kappa shape index (κ2) is 12.2. The SMILES string of the molecule is CCCCCCCCc1c(I)cc(C=CC(=S)c2ccccc2)cc1I. The van der Waals surface area contributed by atoms with E-state index < -0.39 is 0 Å². The summed E-state index contributed by atoms with van der Waals surface area (Å²) in [7, 11) is 0. The Morgan fingerprint density at radius 2 is 1.54 bits per heavy atom. The topological polar surface area (TPSA) is 0 Å². The van der Waals surface area contributed by atoms with Crippen LogP contribution in [0.1, 0.15) is 62.1 Å². The molecule has 0 atom stereocenters. The summed E-state index contributed by atoms with van der Waals surface area (Å²) in [6.45, 7) is 2.27. The summed E-state index contributed by atoms with van der Waals surface area (Å²) in [6.07, 6.45) is 13.5. The summed E-state index contributed by atoms with van der Waals surface area (Å²) in [5.41, 5.74) is 3.83. The van der Waals surface area contributed by atoms with Crippen LogP contribution in [0.15, 0.2) is 48.5 Å². The Morgan fingerprint density at radius 1 is 0.923 bits per heavy atom. The molecule has 0 bridgehead atoms. The molecular weight excluding hydrogens is 562 g/mol. The first-order valence-electron chi connectivity index (χ1n) is 9.37. The highest BCUT2D eigenvalue weighted by molar-refractivity contribution is 14.1. The number of benzene rings is 2. The van der Waals surface area contributed by atoms with Crippen molar-refractivity contribution in [3.63, 3.8) is 0 Å². The molecule has 26 heavy (non-hydrogen) atoms. The lowest BCUT2D eigenvalue weighted by Crippen LogP contribution is -1.96. The van der Waals surface area contributed by atoms with Crippen LogP contribution in [-0.2, 0) is 6.42 Å². The second-order valence-corrected chi connectivity index (χ2v) is 9.31. The molecule has 0 aliphatic carbocycles. The lowest BCUT2D eigenvalue weighted by molar-refractivity contribution is 0.606. The number of hydrogen-bond donors (Lipinski definition) is 0. The van der Waals surface area contributed by atoms with E-state index in [4.69, 9.17) is 12.2 Å². The molecule has 0 saturated heterocycles. The zero-order valence-electron chi connectivity index (χ0n) is 15.3. The molecule has 138 valence electrons. The lowest BCUT2D eigenvalue weighted by atomic mass is 10.0. The first kappa shape index (κ1) is 22.0. The Kier molecular flexibility index (Phi) is 10.4. The smallest absolute Gasteiger partial charge is 0.0449 e. The van der Waals surface area contributed by atoms with E-state index in [1.165, 1.54) is 63.2 Å². The summed E-state index contributed by atoms with van der Waals surface area (Å²) in [6, 6.07) is 14.7. The molecule has 3 heteroatoms. The van der Waals surface area contributed by atoms with Crippen molar-refractivity contribution in [2.24, 2.45) is 0 Å². The van der Waals surface area contributed by atoms with Crippen molar-refractivity contribution in [1.29, 1.82) is 0 Å². The number of unbranched alkanes of at least 4 members (excludes halogenated alkanes) is 5. The number of allylic oxidation sites excluding steroid dienone is 1. The molecule has 0 nitrogen and oxygen atoms in total. The normalized spacial score (nSPS) is 11.2. The van der Waals surface area contributed by atoms with E-state index in [0.717, 1.165) is 10.4 Å². The molecule has 0 saturated carbocycles. The summed E-state index contributed by atoms with van der Waals surface area (Å²) in [5.74, 6) is 0. The van der Waals surface area contributed by atoms with Crippen LogP contribution >= 0.6 is 57.4 Å². The molecule has 0 amide bonds. The van der Waals surface area contributed by atoms with E-state index in [-0.39, 0.29) is 0 Å². The number of hydrogen-bond acceptors (Lipinski definition) is 1. The van der Waals surface area contributed by atoms with Gasteiger partial charge in [0.15, 0.2) is 0 Å². The monoisotopic (exact) mass is 588 g/mol. The highest BCUT2D eigenvalue weighted by Gasteiger charge is 2.07.